The van der Waals surface area contributed by atoms with Crippen LogP contribution in [0.5, 0.6) is 0 Å². The zero-order valence-electron chi connectivity index (χ0n) is 11.5. The maximum Gasteiger partial charge on any atom is 0.223 e. The van der Waals surface area contributed by atoms with Gasteiger partial charge in [0, 0.05) is 19.0 Å². The van der Waals surface area contributed by atoms with Gasteiger partial charge in [0.15, 0.2) is 9.84 Å². The highest BCUT2D eigenvalue weighted by molar-refractivity contribution is 7.99. The molecule has 1 amide bonds. The SMILES string of the molecule is CCN(C(=O)CC1CCSCC1)C1CCS(=O)(=O)C1. The molecule has 0 aromatic carbocycles. The van der Waals surface area contributed by atoms with Crippen molar-refractivity contribution in [1.29, 1.82) is 0 Å². The lowest BCUT2D eigenvalue weighted by atomic mass is 9.97. The molecule has 2 rings (SSSR count). The van der Waals surface area contributed by atoms with E-state index in [1.54, 1.807) is 4.90 Å². The Labute approximate surface area is 120 Å². The Morgan fingerprint density at radius 2 is 1.95 bits per heavy atom. The first-order valence-corrected chi connectivity index (χ1v) is 10.1. The third-order valence-electron chi connectivity index (χ3n) is 4.11. The number of hydrogen-bond donors (Lipinski definition) is 0. The van der Waals surface area contributed by atoms with E-state index in [0.29, 0.717) is 25.3 Å². The van der Waals surface area contributed by atoms with Crippen LogP contribution in [0.25, 0.3) is 0 Å². The number of rotatable bonds is 4. The van der Waals surface area contributed by atoms with Crippen LogP contribution in [0.3, 0.4) is 0 Å². The highest BCUT2D eigenvalue weighted by Crippen LogP contribution is 2.27. The van der Waals surface area contributed by atoms with Gasteiger partial charge in [0.2, 0.25) is 5.91 Å². The summed E-state index contributed by atoms with van der Waals surface area (Å²) < 4.78 is 23.1. The van der Waals surface area contributed by atoms with Crippen LogP contribution in [0.15, 0.2) is 0 Å². The van der Waals surface area contributed by atoms with Crippen LogP contribution in [0, 0.1) is 5.92 Å². The van der Waals surface area contributed by atoms with Crippen molar-refractivity contribution in [3.05, 3.63) is 0 Å². The van der Waals surface area contributed by atoms with Gasteiger partial charge in [-0.25, -0.2) is 8.42 Å². The van der Waals surface area contributed by atoms with Crippen molar-refractivity contribution in [3.8, 4) is 0 Å². The standard InChI is InChI=1S/C13H23NO3S2/c1-2-14(12-5-8-19(16,17)10-12)13(15)9-11-3-6-18-7-4-11/h11-12H,2-10H2,1H3. The number of sulfone groups is 1. The first kappa shape index (κ1) is 15.2. The summed E-state index contributed by atoms with van der Waals surface area (Å²) in [5, 5.41) is 0. The van der Waals surface area contributed by atoms with E-state index in [1.807, 2.05) is 18.7 Å². The molecular formula is C13H23NO3S2. The fraction of sp³-hybridized carbons (Fsp3) is 0.923. The quantitative estimate of drug-likeness (QED) is 0.791. The molecule has 0 aromatic rings. The Morgan fingerprint density at radius 1 is 1.26 bits per heavy atom. The fourth-order valence-corrected chi connectivity index (χ4v) is 5.91. The predicted octanol–water partition coefficient (Wildman–Crippen LogP) is 1.56. The molecule has 2 aliphatic heterocycles. The minimum Gasteiger partial charge on any atom is -0.339 e. The molecule has 0 radical (unpaired) electrons. The number of amides is 1. The predicted molar refractivity (Wildman–Crippen MR) is 79.1 cm³/mol. The van der Waals surface area contributed by atoms with Crippen molar-refractivity contribution in [2.24, 2.45) is 5.92 Å². The summed E-state index contributed by atoms with van der Waals surface area (Å²) in [6.07, 6.45) is 3.46. The maximum atomic E-state index is 12.4. The molecule has 4 nitrogen and oxygen atoms in total. The maximum absolute atomic E-state index is 12.4. The van der Waals surface area contributed by atoms with Crippen LogP contribution in [-0.2, 0) is 14.6 Å². The van der Waals surface area contributed by atoms with Gasteiger partial charge in [-0.1, -0.05) is 0 Å². The first-order valence-electron chi connectivity index (χ1n) is 7.09. The van der Waals surface area contributed by atoms with Gasteiger partial charge >= 0.3 is 0 Å². The van der Waals surface area contributed by atoms with Gasteiger partial charge < -0.3 is 4.90 Å². The van der Waals surface area contributed by atoms with Gasteiger partial charge in [-0.2, -0.15) is 11.8 Å². The van der Waals surface area contributed by atoms with E-state index in [4.69, 9.17) is 0 Å². The van der Waals surface area contributed by atoms with Crippen molar-refractivity contribution in [2.45, 2.75) is 38.6 Å². The Kier molecular flexibility index (Phi) is 5.17. The summed E-state index contributed by atoms with van der Waals surface area (Å²) in [5.41, 5.74) is 0. The normalized spacial score (nSPS) is 27.3. The highest BCUT2D eigenvalue weighted by atomic mass is 32.2. The van der Waals surface area contributed by atoms with Crippen molar-refractivity contribution in [2.75, 3.05) is 29.6 Å². The van der Waals surface area contributed by atoms with Gasteiger partial charge in [-0.3, -0.25) is 4.79 Å². The monoisotopic (exact) mass is 305 g/mol. The lowest BCUT2D eigenvalue weighted by molar-refractivity contribution is -0.133. The average Bonchev–Trinajstić information content (AvgIpc) is 2.72. The number of hydrogen-bond acceptors (Lipinski definition) is 4. The number of thioether (sulfide) groups is 1. The molecule has 0 N–H and O–H groups in total. The van der Waals surface area contributed by atoms with E-state index in [1.165, 1.54) is 0 Å². The smallest absolute Gasteiger partial charge is 0.223 e. The van der Waals surface area contributed by atoms with Gasteiger partial charge in [0.25, 0.3) is 0 Å². The van der Waals surface area contributed by atoms with Gasteiger partial charge in [0.1, 0.15) is 0 Å². The molecule has 2 saturated heterocycles. The number of nitrogens with zero attached hydrogens (tertiary/aromatic N) is 1. The Hall–Kier alpha value is -0.230. The van der Waals surface area contributed by atoms with E-state index >= 15 is 0 Å². The van der Waals surface area contributed by atoms with Crippen LogP contribution >= 0.6 is 11.8 Å². The summed E-state index contributed by atoms with van der Waals surface area (Å²) in [4.78, 5) is 14.2. The zero-order chi connectivity index (χ0) is 13.9. The van der Waals surface area contributed by atoms with Crippen LogP contribution in [-0.4, -0.2) is 54.8 Å². The molecule has 2 heterocycles. The molecule has 1 unspecified atom stereocenters. The van der Waals surface area contributed by atoms with Crippen molar-refractivity contribution in [3.63, 3.8) is 0 Å². The van der Waals surface area contributed by atoms with Crippen molar-refractivity contribution < 1.29 is 13.2 Å². The van der Waals surface area contributed by atoms with Crippen molar-refractivity contribution >= 4 is 27.5 Å². The van der Waals surface area contributed by atoms with E-state index < -0.39 is 9.84 Å². The lowest BCUT2D eigenvalue weighted by Gasteiger charge is -2.29. The van der Waals surface area contributed by atoms with E-state index in [2.05, 4.69) is 0 Å². The molecule has 6 heteroatoms. The van der Waals surface area contributed by atoms with Gasteiger partial charge in [-0.15, -0.1) is 0 Å². The molecule has 2 aliphatic rings. The lowest BCUT2D eigenvalue weighted by Crippen LogP contribution is -2.41. The molecule has 19 heavy (non-hydrogen) atoms. The second-order valence-corrected chi connectivity index (χ2v) is 8.95. The first-order chi connectivity index (χ1) is 9.02. The van der Waals surface area contributed by atoms with Crippen LogP contribution in [0.2, 0.25) is 0 Å². The summed E-state index contributed by atoms with van der Waals surface area (Å²) in [6, 6.07) is -0.0829. The highest BCUT2D eigenvalue weighted by Gasteiger charge is 2.34. The van der Waals surface area contributed by atoms with E-state index in [0.717, 1.165) is 24.3 Å². The second-order valence-electron chi connectivity index (χ2n) is 5.50. The summed E-state index contributed by atoms with van der Waals surface area (Å²) >= 11 is 1.96. The molecule has 0 aromatic heterocycles. The third kappa shape index (κ3) is 4.12. The van der Waals surface area contributed by atoms with E-state index in [9.17, 15) is 13.2 Å². The topological polar surface area (TPSA) is 54.5 Å². The van der Waals surface area contributed by atoms with Crippen molar-refractivity contribution in [1.82, 2.24) is 4.90 Å². The molecule has 110 valence electrons. The third-order valence-corrected chi connectivity index (χ3v) is 6.91. The van der Waals surface area contributed by atoms with Gasteiger partial charge in [-0.05, 0) is 43.6 Å². The molecule has 0 saturated carbocycles. The number of carbonyl (C=O) groups excluding carboxylic acids is 1. The average molecular weight is 305 g/mol. The number of carbonyl (C=O) groups is 1. The van der Waals surface area contributed by atoms with E-state index in [-0.39, 0.29) is 23.5 Å². The Balaban J connectivity index is 1.91. The zero-order valence-corrected chi connectivity index (χ0v) is 13.1. The summed E-state index contributed by atoms with van der Waals surface area (Å²) in [5.74, 6) is 3.36. The van der Waals surface area contributed by atoms with Crippen LogP contribution < -0.4 is 0 Å². The minimum atomic E-state index is -2.91. The Bertz CT molecular complexity index is 416. The summed E-state index contributed by atoms with van der Waals surface area (Å²) in [6.45, 7) is 2.57. The molecule has 0 aliphatic carbocycles. The summed E-state index contributed by atoms with van der Waals surface area (Å²) in [7, 11) is -2.91. The molecule has 2 fully saturated rings. The molecule has 0 spiro atoms. The fourth-order valence-electron chi connectivity index (χ4n) is 2.97. The van der Waals surface area contributed by atoms with Crippen LogP contribution in [0.1, 0.15) is 32.6 Å². The Morgan fingerprint density at radius 3 is 2.47 bits per heavy atom. The molecule has 0 bridgehead atoms. The van der Waals surface area contributed by atoms with Gasteiger partial charge in [0.05, 0.1) is 11.5 Å². The van der Waals surface area contributed by atoms with Crippen LogP contribution in [0.4, 0.5) is 0 Å². The minimum absolute atomic E-state index is 0.0829. The molecular weight excluding hydrogens is 282 g/mol. The molecule has 1 atom stereocenters. The second kappa shape index (κ2) is 6.48. The largest absolute Gasteiger partial charge is 0.339 e.